The van der Waals surface area contributed by atoms with E-state index in [1.54, 1.807) is 0 Å². The molecule has 2 atom stereocenters. The maximum absolute atomic E-state index is 10.3. The lowest BCUT2D eigenvalue weighted by atomic mass is 9.70. The van der Waals surface area contributed by atoms with Gasteiger partial charge < -0.3 is 10.0 Å². The number of aliphatic hydroxyl groups excluding tert-OH is 1. The third kappa shape index (κ3) is 4.21. The fraction of sp³-hybridized carbons (Fsp3) is 1.00. The van der Waals surface area contributed by atoms with Crippen molar-refractivity contribution in [1.29, 1.82) is 0 Å². The number of rotatable bonds is 4. The van der Waals surface area contributed by atoms with Crippen LogP contribution in [-0.4, -0.2) is 35.7 Å². The van der Waals surface area contributed by atoms with Gasteiger partial charge in [-0.05, 0) is 69.2 Å². The zero-order chi connectivity index (χ0) is 14.8. The molecule has 2 aliphatic rings. The van der Waals surface area contributed by atoms with Crippen LogP contribution >= 0.6 is 0 Å². The first-order valence-electron chi connectivity index (χ1n) is 8.79. The predicted octanol–water partition coefficient (Wildman–Crippen LogP) is 4.07. The van der Waals surface area contributed by atoms with Gasteiger partial charge in [0, 0.05) is 12.6 Å². The molecule has 2 nitrogen and oxygen atoms in total. The second kappa shape index (κ2) is 6.79. The Hall–Kier alpha value is -0.0800. The minimum absolute atomic E-state index is 0.0718. The standard InChI is InChI=1S/C18H35NO/c1-5-14-6-8-16(9-7-14)19(4)13-15-12-18(2,3)11-10-17(15)20/h14-17,20H,5-13H2,1-4H3. The van der Waals surface area contributed by atoms with Gasteiger partial charge in [0.2, 0.25) is 0 Å². The fourth-order valence-electron chi connectivity index (χ4n) is 4.42. The third-order valence-corrected chi connectivity index (χ3v) is 6.02. The summed E-state index contributed by atoms with van der Waals surface area (Å²) in [5, 5.41) is 10.3. The van der Waals surface area contributed by atoms with Crippen molar-refractivity contribution >= 4 is 0 Å². The van der Waals surface area contributed by atoms with E-state index in [0.29, 0.717) is 11.3 Å². The van der Waals surface area contributed by atoms with Crippen LogP contribution in [0.3, 0.4) is 0 Å². The van der Waals surface area contributed by atoms with Gasteiger partial charge in [-0.1, -0.05) is 27.2 Å². The lowest BCUT2D eigenvalue weighted by Gasteiger charge is -2.42. The van der Waals surface area contributed by atoms with Crippen LogP contribution in [0.1, 0.15) is 72.1 Å². The molecule has 118 valence electrons. The van der Waals surface area contributed by atoms with Crippen LogP contribution in [0, 0.1) is 17.3 Å². The van der Waals surface area contributed by atoms with Gasteiger partial charge in [-0.25, -0.2) is 0 Å². The van der Waals surface area contributed by atoms with Crippen molar-refractivity contribution in [1.82, 2.24) is 4.90 Å². The Morgan fingerprint density at radius 2 is 1.75 bits per heavy atom. The van der Waals surface area contributed by atoms with E-state index >= 15 is 0 Å². The fourth-order valence-corrected chi connectivity index (χ4v) is 4.42. The zero-order valence-electron chi connectivity index (χ0n) is 14.1. The molecule has 0 heterocycles. The summed E-state index contributed by atoms with van der Waals surface area (Å²) in [6, 6.07) is 0.759. The van der Waals surface area contributed by atoms with E-state index in [2.05, 4.69) is 32.7 Å². The maximum atomic E-state index is 10.3. The zero-order valence-corrected chi connectivity index (χ0v) is 14.1. The molecule has 0 aromatic carbocycles. The average molecular weight is 281 g/mol. The second-order valence-corrected chi connectivity index (χ2v) is 8.26. The van der Waals surface area contributed by atoms with E-state index < -0.39 is 0 Å². The van der Waals surface area contributed by atoms with Crippen LogP contribution in [0.15, 0.2) is 0 Å². The van der Waals surface area contributed by atoms with E-state index in [0.717, 1.165) is 24.9 Å². The van der Waals surface area contributed by atoms with Gasteiger partial charge in [0.05, 0.1) is 6.10 Å². The Morgan fingerprint density at radius 3 is 2.35 bits per heavy atom. The largest absolute Gasteiger partial charge is 0.393 e. The Balaban J connectivity index is 1.83. The van der Waals surface area contributed by atoms with Gasteiger partial charge in [0.1, 0.15) is 0 Å². The van der Waals surface area contributed by atoms with E-state index in [-0.39, 0.29) is 6.10 Å². The summed E-state index contributed by atoms with van der Waals surface area (Å²) in [7, 11) is 2.28. The normalized spacial score (nSPS) is 38.1. The topological polar surface area (TPSA) is 23.5 Å². The summed E-state index contributed by atoms with van der Waals surface area (Å²) in [4.78, 5) is 2.56. The van der Waals surface area contributed by atoms with Crippen molar-refractivity contribution in [2.45, 2.75) is 84.3 Å². The van der Waals surface area contributed by atoms with Crippen LogP contribution in [0.4, 0.5) is 0 Å². The van der Waals surface area contributed by atoms with Gasteiger partial charge in [-0.3, -0.25) is 0 Å². The molecular weight excluding hydrogens is 246 g/mol. The minimum atomic E-state index is -0.0718. The highest BCUT2D eigenvalue weighted by Gasteiger charge is 2.35. The molecule has 0 aromatic rings. The van der Waals surface area contributed by atoms with Crippen molar-refractivity contribution in [3.05, 3.63) is 0 Å². The smallest absolute Gasteiger partial charge is 0.0581 e. The van der Waals surface area contributed by atoms with Gasteiger partial charge in [0.25, 0.3) is 0 Å². The Morgan fingerprint density at radius 1 is 1.10 bits per heavy atom. The molecule has 0 radical (unpaired) electrons. The van der Waals surface area contributed by atoms with Crippen molar-refractivity contribution in [2.24, 2.45) is 17.3 Å². The van der Waals surface area contributed by atoms with Gasteiger partial charge in [-0.15, -0.1) is 0 Å². The molecule has 2 unspecified atom stereocenters. The lowest BCUT2D eigenvalue weighted by molar-refractivity contribution is -0.00154. The van der Waals surface area contributed by atoms with Crippen LogP contribution in [0.25, 0.3) is 0 Å². The Kier molecular flexibility index (Phi) is 5.53. The Labute approximate surface area is 125 Å². The van der Waals surface area contributed by atoms with Crippen molar-refractivity contribution in [3.63, 3.8) is 0 Å². The van der Waals surface area contributed by atoms with Crippen molar-refractivity contribution < 1.29 is 5.11 Å². The quantitative estimate of drug-likeness (QED) is 0.839. The van der Waals surface area contributed by atoms with Crippen LogP contribution < -0.4 is 0 Å². The van der Waals surface area contributed by atoms with E-state index in [1.165, 1.54) is 44.9 Å². The molecule has 20 heavy (non-hydrogen) atoms. The first kappa shape index (κ1) is 16.3. The minimum Gasteiger partial charge on any atom is -0.393 e. The molecule has 0 aromatic heterocycles. The summed E-state index contributed by atoms with van der Waals surface area (Å²) in [6.07, 6.45) is 10.2. The molecule has 2 rings (SSSR count). The van der Waals surface area contributed by atoms with Crippen LogP contribution in [-0.2, 0) is 0 Å². The number of nitrogens with zero attached hydrogens (tertiary/aromatic N) is 1. The predicted molar refractivity (Wildman–Crippen MR) is 85.8 cm³/mol. The molecule has 2 saturated carbocycles. The molecule has 1 N–H and O–H groups in total. The molecule has 2 heteroatoms. The van der Waals surface area contributed by atoms with Gasteiger partial charge in [-0.2, -0.15) is 0 Å². The second-order valence-electron chi connectivity index (χ2n) is 8.26. The summed E-state index contributed by atoms with van der Waals surface area (Å²) in [6.45, 7) is 8.14. The van der Waals surface area contributed by atoms with Crippen molar-refractivity contribution in [3.8, 4) is 0 Å². The molecule has 0 amide bonds. The summed E-state index contributed by atoms with van der Waals surface area (Å²) in [5.74, 6) is 1.45. The molecule has 2 fully saturated rings. The van der Waals surface area contributed by atoms with Gasteiger partial charge in [0.15, 0.2) is 0 Å². The number of aliphatic hydroxyl groups is 1. The van der Waals surface area contributed by atoms with E-state index in [4.69, 9.17) is 0 Å². The molecule has 0 aliphatic heterocycles. The first-order chi connectivity index (χ1) is 9.41. The Bertz CT molecular complexity index is 294. The SMILES string of the molecule is CCC1CCC(N(C)CC2CC(C)(C)CCC2O)CC1. The molecule has 0 saturated heterocycles. The average Bonchev–Trinajstić information content (AvgIpc) is 2.43. The van der Waals surface area contributed by atoms with Crippen LogP contribution in [0.5, 0.6) is 0 Å². The number of hydrogen-bond donors (Lipinski definition) is 1. The highest BCUT2D eigenvalue weighted by molar-refractivity contribution is 4.87. The van der Waals surface area contributed by atoms with E-state index in [9.17, 15) is 5.11 Å². The highest BCUT2D eigenvalue weighted by atomic mass is 16.3. The third-order valence-electron chi connectivity index (χ3n) is 6.02. The van der Waals surface area contributed by atoms with E-state index in [1.807, 2.05) is 0 Å². The summed E-state index contributed by atoms with van der Waals surface area (Å²) >= 11 is 0. The number of hydrogen-bond acceptors (Lipinski definition) is 2. The van der Waals surface area contributed by atoms with Gasteiger partial charge >= 0.3 is 0 Å². The maximum Gasteiger partial charge on any atom is 0.0581 e. The van der Waals surface area contributed by atoms with Crippen LogP contribution in [0.2, 0.25) is 0 Å². The molecule has 0 bridgehead atoms. The van der Waals surface area contributed by atoms with Crippen molar-refractivity contribution in [2.75, 3.05) is 13.6 Å². The lowest BCUT2D eigenvalue weighted by Crippen LogP contribution is -2.44. The monoisotopic (exact) mass is 281 g/mol. The molecule has 0 spiro atoms. The molecule has 2 aliphatic carbocycles. The molecular formula is C18H35NO. The summed E-state index contributed by atoms with van der Waals surface area (Å²) < 4.78 is 0. The summed E-state index contributed by atoms with van der Waals surface area (Å²) in [5.41, 5.74) is 0.421. The highest BCUT2D eigenvalue weighted by Crippen LogP contribution is 2.39. The first-order valence-corrected chi connectivity index (χ1v) is 8.79.